The van der Waals surface area contributed by atoms with Crippen LogP contribution in [0.15, 0.2) is 41.4 Å². The second-order valence-electron chi connectivity index (χ2n) is 6.03. The minimum absolute atomic E-state index is 0.217. The van der Waals surface area contributed by atoms with Gasteiger partial charge in [-0.15, -0.1) is 6.42 Å². The van der Waals surface area contributed by atoms with Gasteiger partial charge in [0.05, 0.1) is 38.1 Å². The predicted octanol–water partition coefficient (Wildman–Crippen LogP) is 3.64. The van der Waals surface area contributed by atoms with Gasteiger partial charge in [-0.05, 0) is 42.0 Å². The van der Waals surface area contributed by atoms with Crippen molar-refractivity contribution in [2.24, 2.45) is 4.99 Å². The number of thiazole rings is 1. The molecule has 6 nitrogen and oxygen atoms in total. The number of benzene rings is 2. The van der Waals surface area contributed by atoms with E-state index >= 15 is 0 Å². The molecule has 8 heteroatoms. The molecule has 2 aromatic carbocycles. The van der Waals surface area contributed by atoms with Crippen LogP contribution >= 0.6 is 11.3 Å². The number of amides is 1. The van der Waals surface area contributed by atoms with Crippen LogP contribution in [0.4, 0.5) is 4.39 Å². The molecule has 0 atom stereocenters. The van der Waals surface area contributed by atoms with Crippen LogP contribution < -0.4 is 19.0 Å². The van der Waals surface area contributed by atoms with E-state index in [0.29, 0.717) is 32.3 Å². The summed E-state index contributed by atoms with van der Waals surface area (Å²) in [5, 5.41) is 0. The molecule has 154 valence electrons. The number of carbonyl (C=O) groups excluding carboxylic acids is 1. The first-order valence-electron chi connectivity index (χ1n) is 8.79. The van der Waals surface area contributed by atoms with Crippen molar-refractivity contribution in [1.29, 1.82) is 0 Å². The molecule has 0 unspecified atom stereocenters. The van der Waals surface area contributed by atoms with Crippen LogP contribution in [0, 0.1) is 18.2 Å². The van der Waals surface area contributed by atoms with E-state index in [9.17, 15) is 9.18 Å². The summed E-state index contributed by atoms with van der Waals surface area (Å²) < 4.78 is 31.8. The van der Waals surface area contributed by atoms with Gasteiger partial charge >= 0.3 is 0 Å². The number of carbonyl (C=O) groups is 1. The molecule has 3 aromatic rings. The molecule has 0 aliphatic heterocycles. The molecule has 1 aromatic heterocycles. The average Bonchev–Trinajstić information content (AvgIpc) is 3.07. The van der Waals surface area contributed by atoms with E-state index < -0.39 is 5.91 Å². The highest BCUT2D eigenvalue weighted by Gasteiger charge is 2.12. The molecule has 0 aliphatic rings. The van der Waals surface area contributed by atoms with Gasteiger partial charge in [0.1, 0.15) is 5.82 Å². The van der Waals surface area contributed by atoms with Crippen molar-refractivity contribution >= 4 is 33.5 Å². The van der Waals surface area contributed by atoms with Gasteiger partial charge in [0.15, 0.2) is 16.3 Å². The fourth-order valence-electron chi connectivity index (χ4n) is 2.87. The number of rotatable bonds is 6. The van der Waals surface area contributed by atoms with E-state index in [4.69, 9.17) is 20.6 Å². The average molecular weight is 426 g/mol. The molecule has 0 bridgehead atoms. The topological polar surface area (TPSA) is 62.1 Å². The minimum Gasteiger partial charge on any atom is -0.493 e. The van der Waals surface area contributed by atoms with Gasteiger partial charge in [0.2, 0.25) is 5.75 Å². The van der Waals surface area contributed by atoms with Crippen molar-refractivity contribution in [2.75, 3.05) is 21.3 Å². The number of halogens is 1. The molecule has 0 saturated heterocycles. The number of fused-ring (bicyclic) bond motifs is 1. The first kappa shape index (κ1) is 21.1. The Kier molecular flexibility index (Phi) is 6.54. The summed E-state index contributed by atoms with van der Waals surface area (Å²) in [5.74, 6) is 3.09. The maximum Gasteiger partial charge on any atom is 0.272 e. The number of hydrogen-bond acceptors (Lipinski definition) is 5. The SMILES string of the molecule is C#CCn1c(=NC(=O)C=Cc2cc(OC)c(OC)c(OC)c2)sc2cc(F)ccc21. The fraction of sp³-hybridized carbons (Fsp3) is 0.182. The third-order valence-corrected chi connectivity index (χ3v) is 5.25. The summed E-state index contributed by atoms with van der Waals surface area (Å²) in [7, 11) is 4.54. The molecule has 0 saturated carbocycles. The number of hydrogen-bond donors (Lipinski definition) is 0. The van der Waals surface area contributed by atoms with Crippen molar-refractivity contribution in [1.82, 2.24) is 4.57 Å². The lowest BCUT2D eigenvalue weighted by Gasteiger charge is -2.12. The van der Waals surface area contributed by atoms with Crippen LogP contribution in [0.25, 0.3) is 16.3 Å². The lowest BCUT2D eigenvalue weighted by molar-refractivity contribution is -0.113. The highest BCUT2D eigenvalue weighted by atomic mass is 32.1. The van der Waals surface area contributed by atoms with Crippen molar-refractivity contribution in [3.63, 3.8) is 0 Å². The highest BCUT2D eigenvalue weighted by molar-refractivity contribution is 7.16. The Hall–Kier alpha value is -3.57. The van der Waals surface area contributed by atoms with Crippen LogP contribution in [-0.4, -0.2) is 31.8 Å². The molecule has 0 fully saturated rings. The molecule has 0 N–H and O–H groups in total. The van der Waals surface area contributed by atoms with Crippen LogP contribution in [0.5, 0.6) is 17.2 Å². The van der Waals surface area contributed by atoms with Crippen molar-refractivity contribution in [3.05, 3.63) is 52.6 Å². The quantitative estimate of drug-likeness (QED) is 0.446. The Bertz CT molecular complexity index is 1210. The largest absolute Gasteiger partial charge is 0.493 e. The third kappa shape index (κ3) is 4.36. The minimum atomic E-state index is -0.485. The Balaban J connectivity index is 1.97. The summed E-state index contributed by atoms with van der Waals surface area (Å²) in [4.78, 5) is 17.0. The number of aromatic nitrogens is 1. The van der Waals surface area contributed by atoms with Gasteiger partial charge in [-0.1, -0.05) is 17.3 Å². The molecule has 1 heterocycles. The molecule has 0 radical (unpaired) electrons. The van der Waals surface area contributed by atoms with E-state index in [0.717, 1.165) is 5.52 Å². The van der Waals surface area contributed by atoms with E-state index in [1.54, 1.807) is 28.8 Å². The number of methoxy groups -OCH3 is 3. The number of nitrogens with zero attached hydrogens (tertiary/aromatic N) is 2. The number of ether oxygens (including phenoxy) is 3. The summed E-state index contributed by atoms with van der Waals surface area (Å²) in [6, 6.07) is 7.78. The van der Waals surface area contributed by atoms with Crippen LogP contribution in [0.2, 0.25) is 0 Å². The van der Waals surface area contributed by atoms with E-state index in [-0.39, 0.29) is 12.4 Å². The molecule has 0 aliphatic carbocycles. The smallest absolute Gasteiger partial charge is 0.272 e. The summed E-state index contributed by atoms with van der Waals surface area (Å²) in [6.45, 7) is 0.217. The van der Waals surface area contributed by atoms with Gasteiger partial charge in [0.25, 0.3) is 5.91 Å². The second kappa shape index (κ2) is 9.29. The van der Waals surface area contributed by atoms with Gasteiger partial charge < -0.3 is 18.8 Å². The fourth-order valence-corrected chi connectivity index (χ4v) is 3.93. The van der Waals surface area contributed by atoms with Crippen molar-refractivity contribution < 1.29 is 23.4 Å². The van der Waals surface area contributed by atoms with E-state index in [2.05, 4.69) is 10.9 Å². The van der Waals surface area contributed by atoms with E-state index in [1.165, 1.54) is 50.9 Å². The maximum atomic E-state index is 13.5. The summed E-state index contributed by atoms with van der Waals surface area (Å²) in [6.07, 6.45) is 8.36. The molecular formula is C22H19FN2O4S. The Morgan fingerprint density at radius 3 is 2.50 bits per heavy atom. The lowest BCUT2D eigenvalue weighted by atomic mass is 10.1. The van der Waals surface area contributed by atoms with Gasteiger partial charge in [-0.2, -0.15) is 4.99 Å². The number of terminal acetylenes is 1. The molecule has 30 heavy (non-hydrogen) atoms. The summed E-state index contributed by atoms with van der Waals surface area (Å²) in [5.41, 5.74) is 1.39. The van der Waals surface area contributed by atoms with Crippen LogP contribution in [-0.2, 0) is 11.3 Å². The second-order valence-corrected chi connectivity index (χ2v) is 7.04. The predicted molar refractivity (Wildman–Crippen MR) is 114 cm³/mol. The first-order chi connectivity index (χ1) is 14.5. The van der Waals surface area contributed by atoms with Gasteiger partial charge in [-0.25, -0.2) is 4.39 Å². The van der Waals surface area contributed by atoms with Gasteiger partial charge in [-0.3, -0.25) is 4.79 Å². The molecule has 0 spiro atoms. The Morgan fingerprint density at radius 1 is 1.20 bits per heavy atom. The highest BCUT2D eigenvalue weighted by Crippen LogP contribution is 2.38. The standard InChI is InChI=1S/C22H19FN2O4S/c1-5-10-25-16-8-7-15(23)13-19(16)30-22(25)24-20(26)9-6-14-11-17(27-2)21(29-4)18(12-14)28-3/h1,6-9,11-13H,10H2,2-4H3. The molecule has 1 amide bonds. The van der Waals surface area contributed by atoms with Crippen LogP contribution in [0.3, 0.4) is 0 Å². The normalized spacial score (nSPS) is 11.6. The van der Waals surface area contributed by atoms with Gasteiger partial charge in [0, 0.05) is 6.08 Å². The zero-order valence-corrected chi connectivity index (χ0v) is 17.5. The Labute approximate surface area is 176 Å². The zero-order valence-electron chi connectivity index (χ0n) is 16.6. The lowest BCUT2D eigenvalue weighted by Crippen LogP contribution is -2.15. The van der Waals surface area contributed by atoms with E-state index in [1.807, 2.05) is 0 Å². The van der Waals surface area contributed by atoms with Crippen LogP contribution in [0.1, 0.15) is 5.56 Å². The Morgan fingerprint density at radius 2 is 1.90 bits per heavy atom. The molecular weight excluding hydrogens is 407 g/mol. The van der Waals surface area contributed by atoms with Crippen molar-refractivity contribution in [2.45, 2.75) is 6.54 Å². The maximum absolute atomic E-state index is 13.5. The third-order valence-electron chi connectivity index (χ3n) is 4.21. The monoisotopic (exact) mass is 426 g/mol. The summed E-state index contributed by atoms with van der Waals surface area (Å²) >= 11 is 1.19. The first-order valence-corrected chi connectivity index (χ1v) is 9.61. The zero-order chi connectivity index (χ0) is 21.7. The molecule has 3 rings (SSSR count). The van der Waals surface area contributed by atoms with Crippen molar-refractivity contribution in [3.8, 4) is 29.6 Å².